The van der Waals surface area contributed by atoms with E-state index >= 15 is 0 Å². The van der Waals surface area contributed by atoms with E-state index in [0.29, 0.717) is 29.4 Å². The smallest absolute Gasteiger partial charge is 0.270 e. The van der Waals surface area contributed by atoms with Crippen molar-refractivity contribution in [3.05, 3.63) is 72.4 Å². The fourth-order valence-electron chi connectivity index (χ4n) is 2.35. The first-order valence-corrected chi connectivity index (χ1v) is 8.01. The molecule has 0 aliphatic carbocycles. The first-order valence-electron chi connectivity index (χ1n) is 8.01. The molecule has 1 aromatic carbocycles. The molecule has 2 amide bonds. The second kappa shape index (κ2) is 7.98. The maximum absolute atomic E-state index is 12.2. The lowest BCUT2D eigenvalue weighted by molar-refractivity contribution is -0.114. The van der Waals surface area contributed by atoms with E-state index in [1.165, 1.54) is 6.92 Å². The van der Waals surface area contributed by atoms with Crippen LogP contribution in [-0.2, 0) is 11.3 Å². The number of anilines is 3. The van der Waals surface area contributed by atoms with Crippen molar-refractivity contribution in [1.29, 1.82) is 0 Å². The predicted molar refractivity (Wildman–Crippen MR) is 98.1 cm³/mol. The monoisotopic (exact) mass is 350 g/mol. The lowest BCUT2D eigenvalue weighted by atomic mass is 10.2. The average Bonchev–Trinajstić information content (AvgIpc) is 3.13. The number of benzene rings is 1. The van der Waals surface area contributed by atoms with E-state index in [2.05, 4.69) is 20.9 Å². The Morgan fingerprint density at radius 3 is 2.62 bits per heavy atom. The minimum Gasteiger partial charge on any atom is -0.467 e. The summed E-state index contributed by atoms with van der Waals surface area (Å²) in [5, 5.41) is 8.67. The van der Waals surface area contributed by atoms with Crippen LogP contribution in [-0.4, -0.2) is 16.8 Å². The van der Waals surface area contributed by atoms with Gasteiger partial charge in [-0.25, -0.2) is 0 Å². The molecule has 3 N–H and O–H groups in total. The second-order valence-corrected chi connectivity index (χ2v) is 5.58. The molecule has 0 saturated heterocycles. The summed E-state index contributed by atoms with van der Waals surface area (Å²) in [6.45, 7) is 1.75. The van der Waals surface area contributed by atoms with E-state index < -0.39 is 0 Å². The molecule has 2 heterocycles. The summed E-state index contributed by atoms with van der Waals surface area (Å²) in [6, 6.07) is 14.3. The van der Waals surface area contributed by atoms with Crippen LogP contribution in [0.3, 0.4) is 0 Å². The minimum absolute atomic E-state index is 0.137. The van der Waals surface area contributed by atoms with Crippen LogP contribution in [0, 0.1) is 0 Å². The maximum atomic E-state index is 12.2. The van der Waals surface area contributed by atoms with Crippen LogP contribution in [0.2, 0.25) is 0 Å². The summed E-state index contributed by atoms with van der Waals surface area (Å²) >= 11 is 0. The molecule has 0 radical (unpaired) electrons. The van der Waals surface area contributed by atoms with E-state index in [0.717, 1.165) is 5.69 Å². The fraction of sp³-hybridized carbons (Fsp3) is 0.105. The summed E-state index contributed by atoms with van der Waals surface area (Å²) in [5.74, 6) is 0.237. The van der Waals surface area contributed by atoms with Gasteiger partial charge in [-0.15, -0.1) is 0 Å². The number of amides is 2. The first kappa shape index (κ1) is 17.2. The molecule has 0 bridgehead atoms. The number of hydrogen-bond donors (Lipinski definition) is 3. The quantitative estimate of drug-likeness (QED) is 0.634. The van der Waals surface area contributed by atoms with Gasteiger partial charge in [0.2, 0.25) is 5.91 Å². The number of carbonyl (C=O) groups excluding carboxylic acids is 2. The van der Waals surface area contributed by atoms with Gasteiger partial charge in [0, 0.05) is 30.2 Å². The molecule has 3 rings (SSSR count). The minimum atomic E-state index is -0.294. The fourth-order valence-corrected chi connectivity index (χ4v) is 2.35. The van der Waals surface area contributed by atoms with Crippen LogP contribution in [0.4, 0.5) is 17.1 Å². The zero-order valence-corrected chi connectivity index (χ0v) is 14.2. The van der Waals surface area contributed by atoms with Gasteiger partial charge in [-0.1, -0.05) is 6.07 Å². The summed E-state index contributed by atoms with van der Waals surface area (Å²) < 4.78 is 5.18. The number of furan rings is 1. The largest absolute Gasteiger partial charge is 0.467 e. The van der Waals surface area contributed by atoms with Crippen LogP contribution in [0.1, 0.15) is 23.2 Å². The zero-order valence-electron chi connectivity index (χ0n) is 14.2. The SMILES string of the molecule is CC(=O)Nc1cccc(Nc2ccnc(C(=O)NCc3ccco3)c2)c1. The van der Waals surface area contributed by atoms with E-state index in [4.69, 9.17) is 4.42 Å². The van der Waals surface area contributed by atoms with E-state index in [1.807, 2.05) is 12.1 Å². The molecule has 0 aliphatic heterocycles. The van der Waals surface area contributed by atoms with Crippen LogP contribution < -0.4 is 16.0 Å². The Hall–Kier alpha value is -3.61. The van der Waals surface area contributed by atoms with Gasteiger partial charge in [0.1, 0.15) is 11.5 Å². The molecule has 3 aromatic rings. The number of carbonyl (C=O) groups is 2. The highest BCUT2D eigenvalue weighted by Gasteiger charge is 2.09. The Balaban J connectivity index is 1.67. The van der Waals surface area contributed by atoms with Crippen molar-refractivity contribution in [2.24, 2.45) is 0 Å². The molecule has 2 aromatic heterocycles. The summed E-state index contributed by atoms with van der Waals surface area (Å²) in [5.41, 5.74) is 2.47. The molecule has 7 heteroatoms. The van der Waals surface area contributed by atoms with Crippen LogP contribution in [0.5, 0.6) is 0 Å². The third kappa shape index (κ3) is 4.70. The van der Waals surface area contributed by atoms with Crippen molar-refractivity contribution >= 4 is 28.9 Å². The van der Waals surface area contributed by atoms with Crippen LogP contribution in [0.15, 0.2) is 65.4 Å². The average molecular weight is 350 g/mol. The predicted octanol–water partition coefficient (Wildman–Crippen LogP) is 3.31. The standard InChI is InChI=1S/C19H18N4O3/c1-13(24)22-14-4-2-5-15(10-14)23-16-7-8-20-18(11-16)19(25)21-12-17-6-3-9-26-17/h2-11H,12H2,1H3,(H,20,23)(H,21,25)(H,22,24). The Kier molecular flexibility index (Phi) is 5.28. The third-order valence-corrected chi connectivity index (χ3v) is 3.47. The second-order valence-electron chi connectivity index (χ2n) is 5.58. The van der Waals surface area contributed by atoms with Gasteiger partial charge in [-0.3, -0.25) is 14.6 Å². The van der Waals surface area contributed by atoms with Crippen molar-refractivity contribution in [3.63, 3.8) is 0 Å². The van der Waals surface area contributed by atoms with E-state index in [1.54, 1.807) is 48.9 Å². The normalized spacial score (nSPS) is 10.2. The maximum Gasteiger partial charge on any atom is 0.270 e. The van der Waals surface area contributed by atoms with Gasteiger partial charge < -0.3 is 20.4 Å². The molecule has 0 unspecified atom stereocenters. The van der Waals surface area contributed by atoms with Crippen molar-refractivity contribution < 1.29 is 14.0 Å². The summed E-state index contributed by atoms with van der Waals surface area (Å²) in [4.78, 5) is 27.5. The molecule has 7 nitrogen and oxygen atoms in total. The lowest BCUT2D eigenvalue weighted by Gasteiger charge is -2.10. The third-order valence-electron chi connectivity index (χ3n) is 3.47. The Labute approximate surface area is 150 Å². The molecule has 26 heavy (non-hydrogen) atoms. The van der Waals surface area contributed by atoms with E-state index in [-0.39, 0.29) is 11.8 Å². The Morgan fingerprint density at radius 2 is 1.85 bits per heavy atom. The lowest BCUT2D eigenvalue weighted by Crippen LogP contribution is -2.23. The van der Waals surface area contributed by atoms with Crippen molar-refractivity contribution in [1.82, 2.24) is 10.3 Å². The van der Waals surface area contributed by atoms with Gasteiger partial charge in [0.05, 0.1) is 12.8 Å². The summed E-state index contributed by atoms with van der Waals surface area (Å²) in [7, 11) is 0. The molecule has 0 atom stereocenters. The number of hydrogen-bond acceptors (Lipinski definition) is 5. The van der Waals surface area contributed by atoms with E-state index in [9.17, 15) is 9.59 Å². The van der Waals surface area contributed by atoms with Crippen LogP contribution in [0.25, 0.3) is 0 Å². The van der Waals surface area contributed by atoms with Crippen molar-refractivity contribution in [2.45, 2.75) is 13.5 Å². The molecule has 0 saturated carbocycles. The molecule has 0 aliphatic rings. The number of pyridine rings is 1. The first-order chi connectivity index (χ1) is 12.6. The van der Waals surface area contributed by atoms with Gasteiger partial charge >= 0.3 is 0 Å². The highest BCUT2D eigenvalue weighted by atomic mass is 16.3. The molecular weight excluding hydrogens is 332 g/mol. The van der Waals surface area contributed by atoms with Gasteiger partial charge in [-0.05, 0) is 42.5 Å². The van der Waals surface area contributed by atoms with Crippen molar-refractivity contribution in [2.75, 3.05) is 10.6 Å². The zero-order chi connectivity index (χ0) is 18.4. The highest BCUT2D eigenvalue weighted by Crippen LogP contribution is 2.20. The number of aromatic nitrogens is 1. The molecule has 0 fully saturated rings. The topological polar surface area (TPSA) is 96.3 Å². The van der Waals surface area contributed by atoms with Gasteiger partial charge in [0.25, 0.3) is 5.91 Å². The molecular formula is C19H18N4O3. The number of rotatable bonds is 6. The van der Waals surface area contributed by atoms with Gasteiger partial charge in [0.15, 0.2) is 0 Å². The Morgan fingerprint density at radius 1 is 1.04 bits per heavy atom. The molecule has 132 valence electrons. The highest BCUT2D eigenvalue weighted by molar-refractivity contribution is 5.93. The Bertz CT molecular complexity index is 907. The summed E-state index contributed by atoms with van der Waals surface area (Å²) in [6.07, 6.45) is 3.11. The van der Waals surface area contributed by atoms with Crippen molar-refractivity contribution in [3.8, 4) is 0 Å². The molecule has 0 spiro atoms. The van der Waals surface area contributed by atoms with Gasteiger partial charge in [-0.2, -0.15) is 0 Å². The van der Waals surface area contributed by atoms with Crippen LogP contribution >= 0.6 is 0 Å². The number of nitrogens with zero attached hydrogens (tertiary/aromatic N) is 1. The number of nitrogens with one attached hydrogen (secondary N) is 3.